The van der Waals surface area contributed by atoms with Gasteiger partial charge in [0.25, 0.3) is 0 Å². The van der Waals surface area contributed by atoms with Crippen molar-refractivity contribution < 1.29 is 14.3 Å². The molecule has 0 unspecified atom stereocenters. The predicted molar refractivity (Wildman–Crippen MR) is 121 cm³/mol. The van der Waals surface area contributed by atoms with Gasteiger partial charge in [0.2, 0.25) is 5.88 Å². The van der Waals surface area contributed by atoms with Crippen LogP contribution >= 0.6 is 11.3 Å². The van der Waals surface area contributed by atoms with E-state index in [2.05, 4.69) is 45.7 Å². The van der Waals surface area contributed by atoms with Crippen LogP contribution in [0.2, 0.25) is 0 Å². The highest BCUT2D eigenvalue weighted by atomic mass is 32.1. The summed E-state index contributed by atoms with van der Waals surface area (Å²) in [7, 11) is 4.02. The lowest BCUT2D eigenvalue weighted by Crippen LogP contribution is -2.09. The molecule has 0 radical (unpaired) electrons. The van der Waals surface area contributed by atoms with Crippen molar-refractivity contribution in [3.05, 3.63) is 60.8 Å². The van der Waals surface area contributed by atoms with Crippen molar-refractivity contribution in [1.29, 1.82) is 0 Å². The quantitative estimate of drug-likeness (QED) is 0.279. The third-order valence-corrected chi connectivity index (χ3v) is 5.34. The van der Waals surface area contributed by atoms with Gasteiger partial charge in [0.15, 0.2) is 0 Å². The van der Waals surface area contributed by atoms with E-state index in [0.29, 0.717) is 24.5 Å². The normalized spacial score (nSPS) is 10.5. The van der Waals surface area contributed by atoms with Gasteiger partial charge in [-0.25, -0.2) is 4.79 Å². The minimum Gasteiger partial charge on any atom is -0.476 e. The maximum atomic E-state index is 11.5. The van der Waals surface area contributed by atoms with Crippen LogP contribution in [0.15, 0.2) is 60.8 Å². The van der Waals surface area contributed by atoms with Crippen LogP contribution in [0.4, 0.5) is 5.69 Å². The monoisotopic (exact) mass is 423 g/mol. The molecular formula is C23H25N3O3S. The molecule has 3 aromatic rings. The number of thiazole rings is 1. The fourth-order valence-electron chi connectivity index (χ4n) is 2.61. The van der Waals surface area contributed by atoms with Gasteiger partial charge < -0.3 is 14.4 Å². The molecule has 0 bridgehead atoms. The Morgan fingerprint density at radius 3 is 2.53 bits per heavy atom. The Morgan fingerprint density at radius 2 is 1.90 bits per heavy atom. The molecule has 0 saturated carbocycles. The Kier molecular flexibility index (Phi) is 7.19. The van der Waals surface area contributed by atoms with Gasteiger partial charge in [0.05, 0.1) is 23.8 Å². The van der Waals surface area contributed by atoms with Gasteiger partial charge in [0, 0.05) is 38.0 Å². The Labute approximate surface area is 180 Å². The number of aromatic nitrogens is 2. The molecule has 0 saturated heterocycles. The number of nitrogens with zero attached hydrogens (tertiary/aromatic N) is 3. The fourth-order valence-corrected chi connectivity index (χ4v) is 3.61. The summed E-state index contributed by atoms with van der Waals surface area (Å²) in [5, 5.41) is 0.797. The molecule has 30 heavy (non-hydrogen) atoms. The van der Waals surface area contributed by atoms with Gasteiger partial charge in [-0.05, 0) is 36.8 Å². The molecule has 7 heteroatoms. The summed E-state index contributed by atoms with van der Waals surface area (Å²) >= 11 is 1.54. The maximum Gasteiger partial charge on any atom is 0.333 e. The highest BCUT2D eigenvalue weighted by molar-refractivity contribution is 7.18. The van der Waals surface area contributed by atoms with Crippen molar-refractivity contribution in [3.63, 3.8) is 0 Å². The summed E-state index contributed by atoms with van der Waals surface area (Å²) in [5.41, 5.74) is 3.34. The van der Waals surface area contributed by atoms with Crippen LogP contribution in [0.25, 0.3) is 21.1 Å². The second-order valence-electron chi connectivity index (χ2n) is 6.93. The molecular weight excluding hydrogens is 398 g/mol. The van der Waals surface area contributed by atoms with Crippen molar-refractivity contribution in [3.8, 4) is 27.0 Å². The minimum absolute atomic E-state index is 0.274. The summed E-state index contributed by atoms with van der Waals surface area (Å²) in [4.78, 5) is 23.5. The maximum absolute atomic E-state index is 11.5. The van der Waals surface area contributed by atoms with Gasteiger partial charge in [0.1, 0.15) is 5.01 Å². The lowest BCUT2D eigenvalue weighted by atomic mass is 10.2. The number of pyridine rings is 1. The zero-order valence-electron chi connectivity index (χ0n) is 17.4. The molecule has 0 aliphatic carbocycles. The van der Waals surface area contributed by atoms with Gasteiger partial charge in [-0.1, -0.05) is 24.8 Å². The molecule has 0 fully saturated rings. The predicted octanol–water partition coefficient (Wildman–Crippen LogP) is 4.83. The zero-order valence-corrected chi connectivity index (χ0v) is 18.2. The van der Waals surface area contributed by atoms with E-state index in [1.165, 1.54) is 0 Å². The van der Waals surface area contributed by atoms with E-state index in [1.807, 2.05) is 32.3 Å². The van der Waals surface area contributed by atoms with Crippen molar-refractivity contribution in [1.82, 2.24) is 9.97 Å². The van der Waals surface area contributed by atoms with E-state index in [9.17, 15) is 4.79 Å². The van der Waals surface area contributed by atoms with E-state index in [4.69, 9.17) is 9.47 Å². The third-order valence-electron chi connectivity index (χ3n) is 4.24. The number of carbonyl (C=O) groups excluding carboxylic acids is 1. The van der Waals surface area contributed by atoms with Crippen LogP contribution in [0.3, 0.4) is 0 Å². The van der Waals surface area contributed by atoms with Crippen LogP contribution in [0, 0.1) is 0 Å². The first kappa shape index (κ1) is 21.5. The van der Waals surface area contributed by atoms with E-state index in [0.717, 1.165) is 26.8 Å². The summed E-state index contributed by atoms with van der Waals surface area (Å²) in [5.74, 6) is 0.173. The Morgan fingerprint density at radius 1 is 1.13 bits per heavy atom. The van der Waals surface area contributed by atoms with Crippen molar-refractivity contribution in [2.75, 3.05) is 32.2 Å². The Balaban J connectivity index is 1.77. The van der Waals surface area contributed by atoms with Crippen LogP contribution in [0.1, 0.15) is 13.3 Å². The second kappa shape index (κ2) is 10.0. The van der Waals surface area contributed by atoms with Crippen molar-refractivity contribution in [2.24, 2.45) is 0 Å². The number of hydrogen-bond acceptors (Lipinski definition) is 7. The molecule has 1 aromatic carbocycles. The van der Waals surface area contributed by atoms with Gasteiger partial charge in [-0.3, -0.25) is 4.98 Å². The topological polar surface area (TPSA) is 64.5 Å². The highest BCUT2D eigenvalue weighted by Gasteiger charge is 2.17. The van der Waals surface area contributed by atoms with Gasteiger partial charge in [-0.2, -0.15) is 4.98 Å². The largest absolute Gasteiger partial charge is 0.476 e. The smallest absolute Gasteiger partial charge is 0.333 e. The average molecular weight is 424 g/mol. The number of hydrogen-bond donors (Lipinski definition) is 0. The average Bonchev–Trinajstić information content (AvgIpc) is 3.18. The molecule has 0 atom stereocenters. The lowest BCUT2D eigenvalue weighted by molar-refractivity contribution is -0.139. The number of rotatable bonds is 9. The van der Waals surface area contributed by atoms with Crippen LogP contribution in [-0.2, 0) is 9.53 Å². The molecule has 3 rings (SSSR count). The number of carbonyl (C=O) groups is 1. The van der Waals surface area contributed by atoms with E-state index in [-0.39, 0.29) is 12.6 Å². The number of ether oxygens (including phenoxy) is 2. The minimum atomic E-state index is -0.386. The van der Waals surface area contributed by atoms with Gasteiger partial charge >= 0.3 is 5.97 Å². The van der Waals surface area contributed by atoms with E-state index >= 15 is 0 Å². The van der Waals surface area contributed by atoms with Crippen LogP contribution in [0.5, 0.6) is 5.88 Å². The SMILES string of the molecule is C=C(C)C(=O)OCCCOc1nc(-c2ccccn2)sc1-c1ccc(N(C)C)cc1. The zero-order chi connectivity index (χ0) is 21.5. The molecule has 0 spiro atoms. The second-order valence-corrected chi connectivity index (χ2v) is 7.93. The lowest BCUT2D eigenvalue weighted by Gasteiger charge is -2.12. The first-order chi connectivity index (χ1) is 14.5. The van der Waals surface area contributed by atoms with E-state index < -0.39 is 0 Å². The standard InChI is InChI=1S/C23H25N3O3S/c1-16(2)23(27)29-15-7-14-28-21-20(17-9-11-18(12-10-17)26(3)4)30-22(25-21)19-8-5-6-13-24-19/h5-6,8-13H,1,7,14-15H2,2-4H3. The summed E-state index contributed by atoms with van der Waals surface area (Å²) in [6, 6.07) is 14.0. The van der Waals surface area contributed by atoms with E-state index in [1.54, 1.807) is 24.5 Å². The molecule has 0 N–H and O–H groups in total. The number of esters is 1. The molecule has 6 nitrogen and oxygen atoms in total. The molecule has 2 heterocycles. The molecule has 0 amide bonds. The first-order valence-corrected chi connectivity index (χ1v) is 10.4. The first-order valence-electron chi connectivity index (χ1n) is 9.61. The molecule has 2 aromatic heterocycles. The Bertz CT molecular complexity index is 998. The highest BCUT2D eigenvalue weighted by Crippen LogP contribution is 2.39. The fraction of sp³-hybridized carbons (Fsp3) is 0.261. The Hall–Kier alpha value is -3.19. The van der Waals surface area contributed by atoms with Crippen molar-refractivity contribution in [2.45, 2.75) is 13.3 Å². The molecule has 0 aliphatic rings. The number of benzene rings is 1. The molecule has 0 aliphatic heterocycles. The van der Waals surface area contributed by atoms with Crippen molar-refractivity contribution >= 4 is 23.0 Å². The molecule has 156 valence electrons. The summed E-state index contributed by atoms with van der Waals surface area (Å²) < 4.78 is 11.1. The third kappa shape index (κ3) is 5.45. The number of anilines is 1. The summed E-state index contributed by atoms with van der Waals surface area (Å²) in [6.45, 7) is 5.86. The summed E-state index contributed by atoms with van der Waals surface area (Å²) in [6.07, 6.45) is 2.31. The van der Waals surface area contributed by atoms with Crippen LogP contribution < -0.4 is 9.64 Å². The van der Waals surface area contributed by atoms with Gasteiger partial charge in [-0.15, -0.1) is 11.3 Å². The van der Waals surface area contributed by atoms with Crippen LogP contribution in [-0.4, -0.2) is 43.2 Å².